The van der Waals surface area contributed by atoms with E-state index in [1.165, 1.54) is 10.9 Å². The number of amides is 1. The molecular weight excluding hydrogens is 332 g/mol. The van der Waals surface area contributed by atoms with Crippen LogP contribution < -0.4 is 10.6 Å². The second-order valence-corrected chi connectivity index (χ2v) is 4.53. The topological polar surface area (TPSA) is 59.0 Å². The molecule has 2 rings (SSSR count). The Bertz CT molecular complexity index is 433. The van der Waals surface area contributed by atoms with Crippen LogP contribution in [-0.2, 0) is 10.3 Å². The molecule has 1 fully saturated rings. The van der Waals surface area contributed by atoms with Gasteiger partial charge in [0, 0.05) is 12.4 Å². The van der Waals surface area contributed by atoms with Crippen molar-refractivity contribution in [2.75, 3.05) is 19.6 Å². The number of aromatic nitrogens is 2. The van der Waals surface area contributed by atoms with Crippen molar-refractivity contribution in [2.24, 2.45) is 0 Å². The number of piperidine rings is 1. The zero-order chi connectivity index (χ0) is 13.9. The molecule has 0 spiro atoms. The van der Waals surface area contributed by atoms with Crippen LogP contribution in [-0.4, -0.2) is 41.5 Å². The average Bonchev–Trinajstić information content (AvgIpc) is 2.90. The fraction of sp³-hybridized carbons (Fsp3) is 0.636. The number of carbonyl (C=O) groups is 1. The molecule has 122 valence electrons. The van der Waals surface area contributed by atoms with Crippen LogP contribution in [0.1, 0.15) is 12.8 Å². The van der Waals surface area contributed by atoms with Gasteiger partial charge in [-0.1, -0.05) is 0 Å². The SMILES string of the molecule is Cl.Cl.O=C(NCC(F)(F)F)C1(n2cccn2)CCNCC1. The summed E-state index contributed by atoms with van der Waals surface area (Å²) in [5, 5.41) is 9.08. The first-order valence-electron chi connectivity index (χ1n) is 6.00. The van der Waals surface area contributed by atoms with Gasteiger partial charge in [0.15, 0.2) is 0 Å². The molecule has 1 aliphatic heterocycles. The van der Waals surface area contributed by atoms with Gasteiger partial charge in [-0.3, -0.25) is 9.48 Å². The monoisotopic (exact) mass is 348 g/mol. The number of halogens is 5. The second-order valence-electron chi connectivity index (χ2n) is 4.53. The molecule has 2 N–H and O–H groups in total. The summed E-state index contributed by atoms with van der Waals surface area (Å²) in [6, 6.07) is 1.65. The maximum atomic E-state index is 12.2. The van der Waals surface area contributed by atoms with E-state index < -0.39 is 24.2 Å². The van der Waals surface area contributed by atoms with Crippen molar-refractivity contribution >= 4 is 30.7 Å². The standard InChI is InChI=1S/C11H15F3N4O.2ClH/c12-11(13,14)8-16-9(19)10(2-5-15-6-3-10)18-7-1-4-17-18;;/h1,4,7,15H,2-3,5-6,8H2,(H,16,19);2*1H. The van der Waals surface area contributed by atoms with E-state index >= 15 is 0 Å². The molecule has 0 aliphatic carbocycles. The first-order valence-corrected chi connectivity index (χ1v) is 6.00. The molecule has 0 bridgehead atoms. The highest BCUT2D eigenvalue weighted by Gasteiger charge is 2.43. The highest BCUT2D eigenvalue weighted by molar-refractivity contribution is 5.85. The van der Waals surface area contributed by atoms with Crippen molar-refractivity contribution in [3.63, 3.8) is 0 Å². The summed E-state index contributed by atoms with van der Waals surface area (Å²) in [5.74, 6) is -0.630. The average molecular weight is 349 g/mol. The molecular formula is C11H17Cl2F3N4O. The molecule has 0 radical (unpaired) electrons. The summed E-state index contributed by atoms with van der Waals surface area (Å²) in [5.41, 5.74) is -1.03. The lowest BCUT2D eigenvalue weighted by Gasteiger charge is -2.36. The van der Waals surface area contributed by atoms with Gasteiger partial charge in [-0.05, 0) is 32.0 Å². The lowest BCUT2D eigenvalue weighted by atomic mass is 9.87. The van der Waals surface area contributed by atoms with Gasteiger partial charge >= 0.3 is 6.18 Å². The van der Waals surface area contributed by atoms with E-state index in [0.29, 0.717) is 25.9 Å². The van der Waals surface area contributed by atoms with Crippen molar-refractivity contribution in [1.29, 1.82) is 0 Å². The van der Waals surface area contributed by atoms with E-state index in [2.05, 4.69) is 10.4 Å². The van der Waals surface area contributed by atoms with E-state index in [1.54, 1.807) is 12.3 Å². The molecule has 21 heavy (non-hydrogen) atoms. The van der Waals surface area contributed by atoms with E-state index in [-0.39, 0.29) is 24.8 Å². The van der Waals surface area contributed by atoms with Gasteiger partial charge in [0.2, 0.25) is 5.91 Å². The summed E-state index contributed by atoms with van der Waals surface area (Å²) in [6.45, 7) is -0.180. The first kappa shape index (κ1) is 20.0. The van der Waals surface area contributed by atoms with E-state index in [9.17, 15) is 18.0 Å². The summed E-state index contributed by atoms with van der Waals surface area (Å²) in [6.07, 6.45) is -0.454. The van der Waals surface area contributed by atoms with E-state index in [4.69, 9.17) is 0 Å². The van der Waals surface area contributed by atoms with Crippen molar-refractivity contribution in [3.05, 3.63) is 18.5 Å². The van der Waals surface area contributed by atoms with Gasteiger partial charge in [0.25, 0.3) is 0 Å². The van der Waals surface area contributed by atoms with Gasteiger partial charge < -0.3 is 10.6 Å². The van der Waals surface area contributed by atoms with Gasteiger partial charge in [0.1, 0.15) is 12.1 Å². The normalized spacial score (nSPS) is 17.3. The van der Waals surface area contributed by atoms with Crippen LogP contribution in [0.25, 0.3) is 0 Å². The first-order chi connectivity index (χ1) is 8.94. The van der Waals surface area contributed by atoms with Crippen LogP contribution in [0.4, 0.5) is 13.2 Å². The second kappa shape index (κ2) is 7.86. The van der Waals surface area contributed by atoms with Gasteiger partial charge in [-0.15, -0.1) is 24.8 Å². The van der Waals surface area contributed by atoms with E-state index in [0.717, 1.165) is 0 Å². The predicted octanol–water partition coefficient (Wildman–Crippen LogP) is 1.48. The molecule has 10 heteroatoms. The maximum absolute atomic E-state index is 12.2. The Morgan fingerprint density at radius 1 is 1.33 bits per heavy atom. The predicted molar refractivity (Wildman–Crippen MR) is 75.9 cm³/mol. The highest BCUT2D eigenvalue weighted by Crippen LogP contribution is 2.27. The van der Waals surface area contributed by atoms with Crippen molar-refractivity contribution in [3.8, 4) is 0 Å². The number of alkyl halides is 3. The van der Waals surface area contributed by atoms with E-state index in [1.807, 2.05) is 5.32 Å². The number of carbonyl (C=O) groups excluding carboxylic acids is 1. The van der Waals surface area contributed by atoms with Gasteiger partial charge in [-0.25, -0.2) is 0 Å². The van der Waals surface area contributed by atoms with Gasteiger partial charge in [0.05, 0.1) is 0 Å². The zero-order valence-corrected chi connectivity index (χ0v) is 12.7. The number of nitrogens with zero attached hydrogens (tertiary/aromatic N) is 2. The summed E-state index contributed by atoms with van der Waals surface area (Å²) in [4.78, 5) is 12.2. The van der Waals surface area contributed by atoms with Crippen molar-refractivity contribution in [2.45, 2.75) is 24.6 Å². The van der Waals surface area contributed by atoms with Crippen molar-refractivity contribution in [1.82, 2.24) is 20.4 Å². The minimum Gasteiger partial charge on any atom is -0.345 e. The number of rotatable bonds is 3. The summed E-state index contributed by atoms with van der Waals surface area (Å²) in [7, 11) is 0. The molecule has 0 aromatic carbocycles. The largest absolute Gasteiger partial charge is 0.405 e. The smallest absolute Gasteiger partial charge is 0.345 e. The minimum absolute atomic E-state index is 0. The molecule has 5 nitrogen and oxygen atoms in total. The maximum Gasteiger partial charge on any atom is 0.405 e. The fourth-order valence-electron chi connectivity index (χ4n) is 2.27. The number of hydrogen-bond acceptors (Lipinski definition) is 3. The molecule has 1 aromatic heterocycles. The number of hydrogen-bond donors (Lipinski definition) is 2. The number of nitrogens with one attached hydrogen (secondary N) is 2. The van der Waals surface area contributed by atoms with Crippen LogP contribution in [0, 0.1) is 0 Å². The lowest BCUT2D eigenvalue weighted by molar-refractivity contribution is -0.145. The Balaban J connectivity index is 0.00000200. The highest BCUT2D eigenvalue weighted by atomic mass is 35.5. The van der Waals surface area contributed by atoms with Crippen LogP contribution >= 0.6 is 24.8 Å². The molecule has 2 heterocycles. The minimum atomic E-state index is -4.41. The Kier molecular flexibility index (Phi) is 7.49. The summed E-state index contributed by atoms with van der Waals surface area (Å²) < 4.78 is 38.1. The van der Waals surface area contributed by atoms with Crippen LogP contribution in [0.5, 0.6) is 0 Å². The molecule has 0 atom stereocenters. The molecule has 0 unspecified atom stereocenters. The molecule has 1 amide bonds. The van der Waals surface area contributed by atoms with Gasteiger partial charge in [-0.2, -0.15) is 18.3 Å². The molecule has 1 saturated heterocycles. The lowest BCUT2D eigenvalue weighted by Crippen LogP contribution is -2.55. The van der Waals surface area contributed by atoms with Crippen LogP contribution in [0.2, 0.25) is 0 Å². The molecule has 1 aliphatic rings. The third kappa shape index (κ3) is 4.76. The fourth-order valence-corrected chi connectivity index (χ4v) is 2.27. The Morgan fingerprint density at radius 2 is 1.95 bits per heavy atom. The Morgan fingerprint density at radius 3 is 2.43 bits per heavy atom. The molecule has 1 aromatic rings. The Hall–Kier alpha value is -0.990. The van der Waals surface area contributed by atoms with Crippen LogP contribution in [0.3, 0.4) is 0 Å². The third-order valence-corrected chi connectivity index (χ3v) is 3.25. The zero-order valence-electron chi connectivity index (χ0n) is 11.0. The quantitative estimate of drug-likeness (QED) is 0.869. The summed E-state index contributed by atoms with van der Waals surface area (Å²) >= 11 is 0. The third-order valence-electron chi connectivity index (χ3n) is 3.25. The Labute approximate surface area is 132 Å². The van der Waals surface area contributed by atoms with Crippen LogP contribution in [0.15, 0.2) is 18.5 Å². The molecule has 0 saturated carbocycles. The van der Waals surface area contributed by atoms with Crippen molar-refractivity contribution < 1.29 is 18.0 Å².